The van der Waals surface area contributed by atoms with E-state index in [2.05, 4.69) is 56.1 Å². The highest BCUT2D eigenvalue weighted by Crippen LogP contribution is 2.45. The lowest BCUT2D eigenvalue weighted by Crippen LogP contribution is -2.55. The van der Waals surface area contributed by atoms with Crippen LogP contribution in [-0.4, -0.2) is 52.0 Å². The van der Waals surface area contributed by atoms with Crippen molar-refractivity contribution in [2.24, 2.45) is 5.92 Å². The Kier molecular flexibility index (Phi) is 7.62. The number of thioether (sulfide) groups is 1. The Balaban J connectivity index is 1.43. The summed E-state index contributed by atoms with van der Waals surface area (Å²) in [6.45, 7) is 11.0. The second-order valence-corrected chi connectivity index (χ2v) is 12.1. The molecule has 2 aliphatic heterocycles. The highest BCUT2D eigenvalue weighted by molar-refractivity contribution is 8.00. The summed E-state index contributed by atoms with van der Waals surface area (Å²) in [5.41, 5.74) is 3.37. The average Bonchev–Trinajstić information content (AvgIpc) is 3.22. The summed E-state index contributed by atoms with van der Waals surface area (Å²) in [4.78, 5) is 30.7. The Hall–Kier alpha value is -1.69. The third-order valence-electron chi connectivity index (χ3n) is 7.83. The molecule has 2 saturated heterocycles. The van der Waals surface area contributed by atoms with Crippen LogP contribution in [0.2, 0.25) is 0 Å². The molecule has 4 rings (SSSR count). The van der Waals surface area contributed by atoms with Gasteiger partial charge in [-0.05, 0) is 48.6 Å². The molecular weight excluding hydrogens is 430 g/mol. The summed E-state index contributed by atoms with van der Waals surface area (Å²) in [5, 5.41) is 3.28. The number of para-hydroxylation sites is 1. The summed E-state index contributed by atoms with van der Waals surface area (Å²) >= 11 is 1.94. The smallest absolute Gasteiger partial charge is 0.321 e. The predicted molar refractivity (Wildman–Crippen MR) is 138 cm³/mol. The van der Waals surface area contributed by atoms with Crippen molar-refractivity contribution in [1.82, 2.24) is 9.80 Å². The summed E-state index contributed by atoms with van der Waals surface area (Å²) in [7, 11) is 0. The first-order chi connectivity index (χ1) is 15.8. The van der Waals surface area contributed by atoms with Gasteiger partial charge in [0, 0.05) is 37.0 Å². The first-order valence-corrected chi connectivity index (χ1v) is 13.9. The molecule has 33 heavy (non-hydrogen) atoms. The highest BCUT2D eigenvalue weighted by Gasteiger charge is 2.48. The normalized spacial score (nSPS) is 21.3. The predicted octanol–water partition coefficient (Wildman–Crippen LogP) is 6.41. The lowest BCUT2D eigenvalue weighted by molar-refractivity contribution is -0.140. The zero-order chi connectivity index (χ0) is 23.6. The number of hydrogen-bond acceptors (Lipinski definition) is 3. The second kappa shape index (κ2) is 10.3. The standard InChI is InChI=1S/C27H41N3O2S/c1-19(2)22-11-8-12-23(20(3)4)24(22)28-26(32)29-15-13-27(14-16-29)30(17-18-33-27)25(31)21-9-6-5-7-10-21/h8,11-12,19-21H,5-7,9-10,13-18H2,1-4H3,(H,28,32). The largest absolute Gasteiger partial charge is 0.327 e. The Morgan fingerprint density at radius 1 is 0.970 bits per heavy atom. The molecule has 3 fully saturated rings. The molecule has 182 valence electrons. The fourth-order valence-corrected chi connectivity index (χ4v) is 7.31. The van der Waals surface area contributed by atoms with Gasteiger partial charge in [0.25, 0.3) is 0 Å². The molecule has 3 aliphatic rings. The van der Waals surface area contributed by atoms with E-state index in [-0.39, 0.29) is 16.8 Å². The van der Waals surface area contributed by atoms with Gasteiger partial charge in [-0.25, -0.2) is 4.79 Å². The van der Waals surface area contributed by atoms with Crippen LogP contribution in [0.5, 0.6) is 0 Å². The lowest BCUT2D eigenvalue weighted by Gasteiger charge is -2.45. The molecule has 1 aliphatic carbocycles. The summed E-state index contributed by atoms with van der Waals surface area (Å²) in [5.74, 6) is 2.31. The van der Waals surface area contributed by atoms with Crippen LogP contribution in [0.3, 0.4) is 0 Å². The third kappa shape index (κ3) is 5.06. The number of benzene rings is 1. The number of carbonyl (C=O) groups is 2. The minimum atomic E-state index is -0.107. The molecule has 6 heteroatoms. The first kappa shape index (κ1) is 24.4. The fraction of sp³-hybridized carbons (Fsp3) is 0.704. The van der Waals surface area contributed by atoms with E-state index in [1.54, 1.807) is 0 Å². The van der Waals surface area contributed by atoms with Crippen LogP contribution in [0.15, 0.2) is 18.2 Å². The Bertz CT molecular complexity index is 829. The monoisotopic (exact) mass is 471 g/mol. The molecule has 2 heterocycles. The van der Waals surface area contributed by atoms with Gasteiger partial charge in [-0.2, -0.15) is 0 Å². The van der Waals surface area contributed by atoms with Gasteiger partial charge in [0.1, 0.15) is 0 Å². The Morgan fingerprint density at radius 2 is 1.58 bits per heavy atom. The van der Waals surface area contributed by atoms with Crippen molar-refractivity contribution in [2.45, 2.75) is 89.3 Å². The lowest BCUT2D eigenvalue weighted by atomic mass is 9.87. The SMILES string of the molecule is CC(C)c1cccc(C(C)C)c1NC(=O)N1CCC2(CC1)SCCN2C(=O)C1CCCCC1. The number of amides is 3. The van der Waals surface area contributed by atoms with E-state index in [0.29, 0.717) is 30.8 Å². The van der Waals surface area contributed by atoms with E-state index in [9.17, 15) is 9.59 Å². The van der Waals surface area contributed by atoms with E-state index in [4.69, 9.17) is 0 Å². The molecular formula is C27H41N3O2S. The van der Waals surface area contributed by atoms with Crippen molar-refractivity contribution >= 4 is 29.4 Å². The highest BCUT2D eigenvalue weighted by atomic mass is 32.2. The fourth-order valence-electron chi connectivity index (χ4n) is 5.84. The molecule has 0 bridgehead atoms. The van der Waals surface area contributed by atoms with Crippen LogP contribution >= 0.6 is 11.8 Å². The first-order valence-electron chi connectivity index (χ1n) is 13.0. The molecule has 0 unspecified atom stereocenters. The van der Waals surface area contributed by atoms with Crippen LogP contribution in [-0.2, 0) is 4.79 Å². The van der Waals surface area contributed by atoms with E-state index in [1.807, 2.05) is 16.7 Å². The van der Waals surface area contributed by atoms with E-state index >= 15 is 0 Å². The molecule has 1 aromatic carbocycles. The van der Waals surface area contributed by atoms with Gasteiger partial charge in [-0.15, -0.1) is 11.8 Å². The molecule has 3 amide bonds. The van der Waals surface area contributed by atoms with Crippen molar-refractivity contribution in [2.75, 3.05) is 30.7 Å². The molecule has 1 N–H and O–H groups in total. The van der Waals surface area contributed by atoms with Gasteiger partial charge in [0.15, 0.2) is 0 Å². The number of rotatable bonds is 4. The molecule has 1 aromatic rings. The van der Waals surface area contributed by atoms with Gasteiger partial charge in [0.2, 0.25) is 5.91 Å². The maximum atomic E-state index is 13.4. The maximum absolute atomic E-state index is 13.4. The number of piperidine rings is 1. The number of nitrogens with zero attached hydrogens (tertiary/aromatic N) is 2. The van der Waals surface area contributed by atoms with Gasteiger partial charge in [-0.3, -0.25) is 4.79 Å². The van der Waals surface area contributed by atoms with Crippen LogP contribution in [0.1, 0.15) is 95.6 Å². The quantitative estimate of drug-likeness (QED) is 0.552. The Morgan fingerprint density at radius 3 is 2.15 bits per heavy atom. The number of hydrogen-bond donors (Lipinski definition) is 1. The van der Waals surface area contributed by atoms with Gasteiger partial charge in [0.05, 0.1) is 4.87 Å². The minimum Gasteiger partial charge on any atom is -0.327 e. The third-order valence-corrected chi connectivity index (χ3v) is 9.39. The summed E-state index contributed by atoms with van der Waals surface area (Å²) < 4.78 is 0. The van der Waals surface area contributed by atoms with E-state index in [1.165, 1.54) is 30.4 Å². The van der Waals surface area contributed by atoms with Gasteiger partial charge >= 0.3 is 6.03 Å². The zero-order valence-corrected chi connectivity index (χ0v) is 21.7. The number of anilines is 1. The molecule has 0 radical (unpaired) electrons. The second-order valence-electron chi connectivity index (χ2n) is 10.7. The number of nitrogens with one attached hydrogen (secondary N) is 1. The van der Waals surface area contributed by atoms with Crippen molar-refractivity contribution in [3.8, 4) is 0 Å². The van der Waals surface area contributed by atoms with Crippen LogP contribution in [0, 0.1) is 5.92 Å². The van der Waals surface area contributed by atoms with Gasteiger partial charge in [-0.1, -0.05) is 65.2 Å². The van der Waals surface area contributed by atoms with Crippen molar-refractivity contribution < 1.29 is 9.59 Å². The van der Waals surface area contributed by atoms with Crippen LogP contribution in [0.4, 0.5) is 10.5 Å². The average molecular weight is 472 g/mol. The van der Waals surface area contributed by atoms with Gasteiger partial charge < -0.3 is 15.1 Å². The zero-order valence-electron chi connectivity index (χ0n) is 20.9. The Labute approximate surface area is 204 Å². The summed E-state index contributed by atoms with van der Waals surface area (Å²) in [6.07, 6.45) is 7.49. The molecule has 1 spiro atoms. The van der Waals surface area contributed by atoms with E-state index in [0.717, 1.165) is 43.7 Å². The van der Waals surface area contributed by atoms with E-state index < -0.39 is 0 Å². The minimum absolute atomic E-state index is 0.00648. The molecule has 0 atom stereocenters. The van der Waals surface area contributed by atoms with Crippen molar-refractivity contribution in [3.05, 3.63) is 29.3 Å². The number of urea groups is 1. The summed E-state index contributed by atoms with van der Waals surface area (Å²) in [6, 6.07) is 6.34. The van der Waals surface area contributed by atoms with Crippen molar-refractivity contribution in [3.63, 3.8) is 0 Å². The maximum Gasteiger partial charge on any atom is 0.321 e. The van der Waals surface area contributed by atoms with Crippen LogP contribution < -0.4 is 5.32 Å². The number of carbonyl (C=O) groups excluding carboxylic acids is 2. The number of likely N-dealkylation sites (tertiary alicyclic amines) is 1. The van der Waals surface area contributed by atoms with Crippen LogP contribution in [0.25, 0.3) is 0 Å². The van der Waals surface area contributed by atoms with Crippen molar-refractivity contribution in [1.29, 1.82) is 0 Å². The topological polar surface area (TPSA) is 52.7 Å². The molecule has 5 nitrogen and oxygen atoms in total. The molecule has 1 saturated carbocycles. The molecule has 0 aromatic heterocycles.